The molecule has 1 N–H and O–H groups in total. The van der Waals surface area contributed by atoms with Gasteiger partial charge in [0.25, 0.3) is 0 Å². The Kier molecular flexibility index (Phi) is 3.46. The lowest BCUT2D eigenvalue weighted by molar-refractivity contribution is 1.47. The molecule has 1 nitrogen and oxygen atoms in total. The standard InChI is InChI=1S/C7H6BrClIN/c1-11-7-3-5(9)4(8)2-6(7)10/h2-3,11H,1H3. The lowest BCUT2D eigenvalue weighted by atomic mass is 10.3. The molecule has 0 heterocycles. The summed E-state index contributed by atoms with van der Waals surface area (Å²) in [4.78, 5) is 0. The van der Waals surface area contributed by atoms with Crippen LogP contribution in [0.5, 0.6) is 0 Å². The number of hydrogen-bond acceptors (Lipinski definition) is 1. The highest BCUT2D eigenvalue weighted by atomic mass is 127. The van der Waals surface area contributed by atoms with Crippen LogP contribution in [-0.2, 0) is 0 Å². The smallest absolute Gasteiger partial charge is 0.0569 e. The summed E-state index contributed by atoms with van der Waals surface area (Å²) in [5, 5.41) is 3.78. The molecule has 60 valence electrons. The number of rotatable bonds is 1. The molecule has 0 atom stereocenters. The van der Waals surface area contributed by atoms with Crippen molar-refractivity contribution < 1.29 is 0 Å². The van der Waals surface area contributed by atoms with E-state index in [1.807, 2.05) is 19.2 Å². The maximum absolute atomic E-state index is 5.87. The largest absolute Gasteiger partial charge is 0.387 e. The van der Waals surface area contributed by atoms with E-state index in [2.05, 4.69) is 43.8 Å². The average molecular weight is 346 g/mol. The highest BCUT2D eigenvalue weighted by Gasteiger charge is 2.02. The zero-order valence-electron chi connectivity index (χ0n) is 5.79. The second-order valence-corrected chi connectivity index (χ2v) is 4.42. The third-order valence-electron chi connectivity index (χ3n) is 1.28. The van der Waals surface area contributed by atoms with Crippen LogP contribution in [0.15, 0.2) is 16.6 Å². The molecule has 0 saturated carbocycles. The zero-order chi connectivity index (χ0) is 8.43. The van der Waals surface area contributed by atoms with Crippen LogP contribution < -0.4 is 5.32 Å². The van der Waals surface area contributed by atoms with Crippen molar-refractivity contribution in [2.24, 2.45) is 0 Å². The molecule has 1 aromatic carbocycles. The summed E-state index contributed by atoms with van der Waals surface area (Å²) in [5.41, 5.74) is 1.05. The van der Waals surface area contributed by atoms with Crippen molar-refractivity contribution in [1.82, 2.24) is 0 Å². The van der Waals surface area contributed by atoms with Crippen LogP contribution in [0.3, 0.4) is 0 Å². The van der Waals surface area contributed by atoms with Gasteiger partial charge in [0.2, 0.25) is 0 Å². The van der Waals surface area contributed by atoms with Gasteiger partial charge in [-0.1, -0.05) is 11.6 Å². The zero-order valence-corrected chi connectivity index (χ0v) is 10.3. The van der Waals surface area contributed by atoms with Crippen LogP contribution in [-0.4, -0.2) is 7.05 Å². The first-order valence-corrected chi connectivity index (χ1v) is 5.22. The lowest BCUT2D eigenvalue weighted by Crippen LogP contribution is -1.91. The van der Waals surface area contributed by atoms with Gasteiger partial charge in [-0.25, -0.2) is 0 Å². The molecule has 0 unspecified atom stereocenters. The van der Waals surface area contributed by atoms with Crippen LogP contribution in [0.4, 0.5) is 5.69 Å². The molecular weight excluding hydrogens is 340 g/mol. The van der Waals surface area contributed by atoms with E-state index in [1.54, 1.807) is 0 Å². The highest BCUT2D eigenvalue weighted by molar-refractivity contribution is 14.1. The normalized spacial score (nSPS) is 9.82. The first kappa shape index (κ1) is 9.61. The van der Waals surface area contributed by atoms with Gasteiger partial charge in [-0.3, -0.25) is 0 Å². The van der Waals surface area contributed by atoms with E-state index < -0.39 is 0 Å². The van der Waals surface area contributed by atoms with Crippen molar-refractivity contribution in [2.45, 2.75) is 0 Å². The first-order chi connectivity index (χ1) is 5.15. The summed E-state index contributed by atoms with van der Waals surface area (Å²) in [6, 6.07) is 3.88. The third-order valence-corrected chi connectivity index (χ3v) is 3.37. The minimum Gasteiger partial charge on any atom is -0.387 e. The van der Waals surface area contributed by atoms with Crippen LogP contribution in [0, 0.1) is 3.57 Å². The predicted octanol–water partition coefficient (Wildman–Crippen LogP) is 3.75. The van der Waals surface area contributed by atoms with Gasteiger partial charge in [-0.15, -0.1) is 0 Å². The summed E-state index contributed by atoms with van der Waals surface area (Å²) >= 11 is 11.5. The maximum atomic E-state index is 5.87. The van der Waals surface area contributed by atoms with Crippen molar-refractivity contribution in [3.8, 4) is 0 Å². The van der Waals surface area contributed by atoms with Gasteiger partial charge in [0.05, 0.1) is 5.02 Å². The molecule has 0 aliphatic heterocycles. The van der Waals surface area contributed by atoms with E-state index in [4.69, 9.17) is 11.6 Å². The fourth-order valence-electron chi connectivity index (χ4n) is 0.714. The van der Waals surface area contributed by atoms with Gasteiger partial charge in [-0.2, -0.15) is 0 Å². The Balaban J connectivity index is 3.21. The fraction of sp³-hybridized carbons (Fsp3) is 0.143. The van der Waals surface area contributed by atoms with Crippen LogP contribution >= 0.6 is 50.1 Å². The van der Waals surface area contributed by atoms with Gasteiger partial charge in [0.1, 0.15) is 0 Å². The fourth-order valence-corrected chi connectivity index (χ4v) is 2.39. The number of nitrogens with one attached hydrogen (secondary N) is 1. The second-order valence-electron chi connectivity index (χ2n) is 2.00. The van der Waals surface area contributed by atoms with Crippen molar-refractivity contribution in [3.05, 3.63) is 25.2 Å². The molecule has 0 radical (unpaired) electrons. The molecule has 11 heavy (non-hydrogen) atoms. The van der Waals surface area contributed by atoms with E-state index in [-0.39, 0.29) is 0 Å². The Morgan fingerprint density at radius 1 is 1.55 bits per heavy atom. The summed E-state index contributed by atoms with van der Waals surface area (Å²) in [6.45, 7) is 0. The Bertz CT molecular complexity index is 277. The summed E-state index contributed by atoms with van der Waals surface area (Å²) in [7, 11) is 1.88. The Morgan fingerprint density at radius 2 is 2.18 bits per heavy atom. The predicted molar refractivity (Wildman–Crippen MR) is 61.4 cm³/mol. The molecule has 0 amide bonds. The molecular formula is C7H6BrClIN. The highest BCUT2D eigenvalue weighted by Crippen LogP contribution is 2.29. The Hall–Kier alpha value is 0.520. The van der Waals surface area contributed by atoms with E-state index in [0.717, 1.165) is 18.8 Å². The number of anilines is 1. The molecule has 0 fully saturated rings. The van der Waals surface area contributed by atoms with Gasteiger partial charge in [-0.05, 0) is 50.7 Å². The van der Waals surface area contributed by atoms with E-state index in [1.165, 1.54) is 0 Å². The SMILES string of the molecule is CNc1cc(Cl)c(Br)cc1I. The topological polar surface area (TPSA) is 12.0 Å². The molecule has 0 spiro atoms. The van der Waals surface area contributed by atoms with Crippen LogP contribution in [0.25, 0.3) is 0 Å². The molecule has 0 bridgehead atoms. The summed E-state index contributed by atoms with van der Waals surface area (Å²) in [5.74, 6) is 0. The molecule has 1 aromatic rings. The number of benzene rings is 1. The van der Waals surface area contributed by atoms with Gasteiger partial charge in [0.15, 0.2) is 0 Å². The monoisotopic (exact) mass is 345 g/mol. The van der Waals surface area contributed by atoms with Gasteiger partial charge < -0.3 is 5.32 Å². The average Bonchev–Trinajstić information content (AvgIpc) is 1.97. The summed E-state index contributed by atoms with van der Waals surface area (Å²) in [6.07, 6.45) is 0. The van der Waals surface area contributed by atoms with E-state index in [9.17, 15) is 0 Å². The molecule has 0 aromatic heterocycles. The van der Waals surface area contributed by atoms with Crippen molar-refractivity contribution in [1.29, 1.82) is 0 Å². The minimum atomic E-state index is 0.731. The quantitative estimate of drug-likeness (QED) is 0.603. The molecule has 0 saturated heterocycles. The Morgan fingerprint density at radius 3 is 2.73 bits per heavy atom. The molecule has 1 rings (SSSR count). The molecule has 0 aliphatic carbocycles. The van der Waals surface area contributed by atoms with E-state index >= 15 is 0 Å². The Labute approximate surface area is 92.8 Å². The number of hydrogen-bond donors (Lipinski definition) is 1. The number of halogens is 3. The lowest BCUT2D eigenvalue weighted by Gasteiger charge is -2.04. The minimum absolute atomic E-state index is 0.731. The van der Waals surface area contributed by atoms with Crippen LogP contribution in [0.1, 0.15) is 0 Å². The first-order valence-electron chi connectivity index (χ1n) is 2.97. The maximum Gasteiger partial charge on any atom is 0.0569 e. The third kappa shape index (κ3) is 2.23. The summed E-state index contributed by atoms with van der Waals surface area (Å²) < 4.78 is 2.09. The van der Waals surface area contributed by atoms with E-state index in [0.29, 0.717) is 0 Å². The van der Waals surface area contributed by atoms with Gasteiger partial charge in [0, 0.05) is 20.8 Å². The molecule has 4 heteroatoms. The molecule has 0 aliphatic rings. The second kappa shape index (κ2) is 3.96. The van der Waals surface area contributed by atoms with Gasteiger partial charge >= 0.3 is 0 Å². The van der Waals surface area contributed by atoms with Crippen molar-refractivity contribution in [2.75, 3.05) is 12.4 Å². The van der Waals surface area contributed by atoms with Crippen molar-refractivity contribution in [3.63, 3.8) is 0 Å². The van der Waals surface area contributed by atoms with Crippen molar-refractivity contribution >= 4 is 55.8 Å². The van der Waals surface area contributed by atoms with Crippen LogP contribution in [0.2, 0.25) is 5.02 Å².